The molecule has 4 nitrogen and oxygen atoms in total. The Morgan fingerprint density at radius 3 is 2.46 bits per heavy atom. The van der Waals surface area contributed by atoms with Crippen LogP contribution in [0.25, 0.3) is 0 Å². The van der Waals surface area contributed by atoms with Gasteiger partial charge in [-0.2, -0.15) is 0 Å². The molecule has 1 heterocycles. The predicted molar refractivity (Wildman–Crippen MR) is 94.3 cm³/mol. The molecule has 2 aromatic rings. The molecular weight excluding hydrogens is 347 g/mol. The van der Waals surface area contributed by atoms with Gasteiger partial charge in [-0.25, -0.2) is 0 Å². The van der Waals surface area contributed by atoms with E-state index in [1.807, 2.05) is 24.3 Å². The normalized spacial score (nSPS) is 16.5. The summed E-state index contributed by atoms with van der Waals surface area (Å²) < 4.78 is 0. The van der Waals surface area contributed by atoms with Gasteiger partial charge in [0, 0.05) is 25.6 Å². The second-order valence-corrected chi connectivity index (χ2v) is 6.48. The van der Waals surface area contributed by atoms with E-state index in [1.165, 1.54) is 6.07 Å². The standard InChI is InChI=1S/C18H16Cl2N2O2/c1-21-17(23)16-9-11-4-2-3-5-13(11)10-22(16)18(24)12-6-7-14(19)15(20)8-12/h2-8,16H,9-10H2,1H3,(H,21,23)/t16-/m1/s1. The molecule has 3 rings (SSSR count). The van der Waals surface area contributed by atoms with Crippen molar-refractivity contribution in [2.45, 2.75) is 19.0 Å². The molecule has 0 saturated heterocycles. The van der Waals surface area contributed by atoms with E-state index in [9.17, 15) is 9.59 Å². The molecule has 0 bridgehead atoms. The first-order chi connectivity index (χ1) is 11.5. The average molecular weight is 363 g/mol. The molecule has 0 saturated carbocycles. The molecule has 0 fully saturated rings. The molecule has 24 heavy (non-hydrogen) atoms. The highest BCUT2D eigenvalue weighted by atomic mass is 35.5. The minimum absolute atomic E-state index is 0.182. The fourth-order valence-electron chi connectivity index (χ4n) is 2.93. The first kappa shape index (κ1) is 16.8. The molecule has 0 aliphatic carbocycles. The van der Waals surface area contributed by atoms with Crippen LogP contribution in [0, 0.1) is 0 Å². The van der Waals surface area contributed by atoms with Crippen LogP contribution < -0.4 is 5.32 Å². The summed E-state index contributed by atoms with van der Waals surface area (Å²) >= 11 is 11.9. The van der Waals surface area contributed by atoms with Gasteiger partial charge in [0.15, 0.2) is 0 Å². The second-order valence-electron chi connectivity index (χ2n) is 5.66. The molecular formula is C18H16Cl2N2O2. The smallest absolute Gasteiger partial charge is 0.254 e. The maximum absolute atomic E-state index is 12.9. The van der Waals surface area contributed by atoms with E-state index in [1.54, 1.807) is 24.1 Å². The van der Waals surface area contributed by atoms with Crippen molar-refractivity contribution in [1.82, 2.24) is 10.2 Å². The lowest BCUT2D eigenvalue weighted by molar-refractivity contribution is -0.125. The van der Waals surface area contributed by atoms with Crippen LogP contribution in [-0.2, 0) is 17.8 Å². The molecule has 6 heteroatoms. The monoisotopic (exact) mass is 362 g/mol. The average Bonchev–Trinajstić information content (AvgIpc) is 2.61. The number of carbonyl (C=O) groups excluding carboxylic acids is 2. The number of hydrogen-bond donors (Lipinski definition) is 1. The number of amides is 2. The maximum Gasteiger partial charge on any atom is 0.254 e. The Morgan fingerprint density at radius 1 is 1.08 bits per heavy atom. The van der Waals surface area contributed by atoms with E-state index >= 15 is 0 Å². The van der Waals surface area contributed by atoms with Gasteiger partial charge in [0.2, 0.25) is 5.91 Å². The zero-order valence-corrected chi connectivity index (χ0v) is 14.6. The molecule has 1 aliphatic heterocycles. The Bertz CT molecular complexity index is 807. The van der Waals surface area contributed by atoms with Gasteiger partial charge >= 0.3 is 0 Å². The number of halogens is 2. The van der Waals surface area contributed by atoms with E-state index in [4.69, 9.17) is 23.2 Å². The first-order valence-electron chi connectivity index (χ1n) is 7.55. The lowest BCUT2D eigenvalue weighted by atomic mass is 9.93. The van der Waals surface area contributed by atoms with Crippen molar-refractivity contribution < 1.29 is 9.59 Å². The topological polar surface area (TPSA) is 49.4 Å². The van der Waals surface area contributed by atoms with Gasteiger partial charge in [-0.1, -0.05) is 47.5 Å². The molecule has 0 aromatic heterocycles. The Balaban J connectivity index is 1.98. The van der Waals surface area contributed by atoms with E-state index < -0.39 is 6.04 Å². The third-order valence-corrected chi connectivity index (χ3v) is 4.96. The fraction of sp³-hybridized carbons (Fsp3) is 0.222. The van der Waals surface area contributed by atoms with Gasteiger partial charge in [-0.05, 0) is 29.3 Å². The van der Waals surface area contributed by atoms with Crippen LogP contribution >= 0.6 is 23.2 Å². The van der Waals surface area contributed by atoms with Crippen molar-refractivity contribution in [2.75, 3.05) is 7.05 Å². The van der Waals surface area contributed by atoms with Crippen molar-refractivity contribution in [2.24, 2.45) is 0 Å². The highest BCUT2D eigenvalue weighted by molar-refractivity contribution is 6.42. The molecule has 1 atom stereocenters. The third kappa shape index (κ3) is 3.12. The molecule has 1 aliphatic rings. The van der Waals surface area contributed by atoms with Gasteiger partial charge in [0.05, 0.1) is 10.0 Å². The van der Waals surface area contributed by atoms with Crippen LogP contribution in [-0.4, -0.2) is 29.8 Å². The van der Waals surface area contributed by atoms with E-state index in [0.717, 1.165) is 11.1 Å². The summed E-state index contributed by atoms with van der Waals surface area (Å²) in [6, 6.07) is 12.0. The highest BCUT2D eigenvalue weighted by Gasteiger charge is 2.34. The number of nitrogens with one attached hydrogen (secondary N) is 1. The number of benzene rings is 2. The second kappa shape index (κ2) is 6.83. The van der Waals surface area contributed by atoms with Gasteiger partial charge in [0.1, 0.15) is 6.04 Å². The first-order valence-corrected chi connectivity index (χ1v) is 8.31. The van der Waals surface area contributed by atoms with E-state index in [2.05, 4.69) is 5.32 Å². The minimum Gasteiger partial charge on any atom is -0.357 e. The summed E-state index contributed by atoms with van der Waals surface area (Å²) in [6.07, 6.45) is 0.489. The third-order valence-electron chi connectivity index (χ3n) is 4.23. The zero-order valence-electron chi connectivity index (χ0n) is 13.1. The van der Waals surface area contributed by atoms with Gasteiger partial charge in [0.25, 0.3) is 5.91 Å². The van der Waals surface area contributed by atoms with Crippen molar-refractivity contribution in [3.63, 3.8) is 0 Å². The van der Waals surface area contributed by atoms with E-state index in [-0.39, 0.29) is 11.8 Å². The quantitative estimate of drug-likeness (QED) is 0.890. The summed E-state index contributed by atoms with van der Waals surface area (Å²) in [5, 5.41) is 3.35. The van der Waals surface area contributed by atoms with Gasteiger partial charge in [-0.15, -0.1) is 0 Å². The van der Waals surface area contributed by atoms with Crippen molar-refractivity contribution >= 4 is 35.0 Å². The molecule has 124 valence electrons. The molecule has 0 unspecified atom stereocenters. The Labute approximate surface area is 150 Å². The summed E-state index contributed by atoms with van der Waals surface area (Å²) in [4.78, 5) is 26.8. The lowest BCUT2D eigenvalue weighted by Gasteiger charge is -2.36. The maximum atomic E-state index is 12.9. The van der Waals surface area contributed by atoms with Crippen molar-refractivity contribution in [3.8, 4) is 0 Å². The van der Waals surface area contributed by atoms with Crippen LogP contribution in [0.2, 0.25) is 10.0 Å². The largest absolute Gasteiger partial charge is 0.357 e. The number of fused-ring (bicyclic) bond motifs is 1. The van der Waals surface area contributed by atoms with Crippen LogP contribution in [0.4, 0.5) is 0 Å². The predicted octanol–water partition coefficient (Wildman–Crippen LogP) is 3.31. The molecule has 0 radical (unpaired) electrons. The van der Waals surface area contributed by atoms with Crippen LogP contribution in [0.3, 0.4) is 0 Å². The Kier molecular flexibility index (Phi) is 4.78. The van der Waals surface area contributed by atoms with E-state index in [0.29, 0.717) is 28.6 Å². The number of rotatable bonds is 2. The number of hydrogen-bond acceptors (Lipinski definition) is 2. The molecule has 1 N–H and O–H groups in total. The van der Waals surface area contributed by atoms with Crippen LogP contribution in [0.5, 0.6) is 0 Å². The fourth-order valence-corrected chi connectivity index (χ4v) is 3.23. The lowest BCUT2D eigenvalue weighted by Crippen LogP contribution is -2.51. The Hall–Kier alpha value is -2.04. The summed E-state index contributed by atoms with van der Waals surface area (Å²) in [7, 11) is 1.57. The number of carbonyl (C=O) groups is 2. The number of nitrogens with zero attached hydrogens (tertiary/aromatic N) is 1. The summed E-state index contributed by atoms with van der Waals surface area (Å²) in [6.45, 7) is 0.382. The van der Waals surface area contributed by atoms with Crippen molar-refractivity contribution in [1.29, 1.82) is 0 Å². The molecule has 2 aromatic carbocycles. The van der Waals surface area contributed by atoms with Gasteiger partial charge < -0.3 is 10.2 Å². The van der Waals surface area contributed by atoms with Gasteiger partial charge in [-0.3, -0.25) is 9.59 Å². The molecule has 2 amide bonds. The summed E-state index contributed by atoms with van der Waals surface area (Å²) in [5.74, 6) is -0.422. The van der Waals surface area contributed by atoms with Crippen molar-refractivity contribution in [3.05, 3.63) is 69.2 Å². The zero-order chi connectivity index (χ0) is 17.3. The van der Waals surface area contributed by atoms with Crippen LogP contribution in [0.1, 0.15) is 21.5 Å². The Morgan fingerprint density at radius 2 is 1.79 bits per heavy atom. The summed E-state index contributed by atoms with van der Waals surface area (Å²) in [5.41, 5.74) is 2.55. The van der Waals surface area contributed by atoms with Crippen LogP contribution in [0.15, 0.2) is 42.5 Å². The number of likely N-dealkylation sites (N-methyl/N-ethyl adjacent to an activating group) is 1. The SMILES string of the molecule is CNC(=O)[C@H]1Cc2ccccc2CN1C(=O)c1ccc(Cl)c(Cl)c1. The minimum atomic E-state index is -0.549. The molecule has 0 spiro atoms. The highest BCUT2D eigenvalue weighted by Crippen LogP contribution is 2.27.